The number of hydrogen-bond acceptors (Lipinski definition) is 2. The van der Waals surface area contributed by atoms with E-state index in [2.05, 4.69) is 93.7 Å². The van der Waals surface area contributed by atoms with Crippen LogP contribution in [0.15, 0.2) is 94.5 Å². The van der Waals surface area contributed by atoms with E-state index in [0.717, 1.165) is 22.3 Å². The predicted molar refractivity (Wildman–Crippen MR) is 103 cm³/mol. The molecule has 1 atom stereocenters. The third kappa shape index (κ3) is 3.00. The summed E-state index contributed by atoms with van der Waals surface area (Å²) in [4.78, 5) is 0. The molecule has 0 aromatic heterocycles. The van der Waals surface area contributed by atoms with Crippen LogP contribution in [0.2, 0.25) is 0 Å². The van der Waals surface area contributed by atoms with Crippen molar-refractivity contribution in [2.75, 3.05) is 5.01 Å². The maximum Gasteiger partial charge on any atom is 0.0832 e. The first-order valence-electron chi connectivity index (χ1n) is 8.04. The van der Waals surface area contributed by atoms with Gasteiger partial charge in [0.1, 0.15) is 0 Å². The lowest BCUT2D eigenvalue weighted by molar-refractivity contribution is 0.708. The number of hydrogen-bond donors (Lipinski definition) is 0. The number of nitrogens with zero attached hydrogens (tertiary/aromatic N) is 2. The average Bonchev–Trinajstić information content (AvgIpc) is 3.09. The Morgan fingerprint density at radius 1 is 0.833 bits per heavy atom. The fourth-order valence-corrected chi connectivity index (χ4v) is 3.52. The number of benzene rings is 3. The summed E-state index contributed by atoms with van der Waals surface area (Å²) < 4.78 is 1.10. The van der Waals surface area contributed by atoms with Crippen LogP contribution >= 0.6 is 15.9 Å². The number of halogens is 1. The molecule has 3 aromatic rings. The largest absolute Gasteiger partial charge is 0.257 e. The van der Waals surface area contributed by atoms with Crippen LogP contribution < -0.4 is 5.01 Å². The van der Waals surface area contributed by atoms with Crippen LogP contribution in [0.5, 0.6) is 0 Å². The number of hydrazone groups is 1. The lowest BCUT2D eigenvalue weighted by Crippen LogP contribution is -2.18. The van der Waals surface area contributed by atoms with Crippen LogP contribution in [-0.4, -0.2) is 5.71 Å². The molecule has 1 aliphatic rings. The van der Waals surface area contributed by atoms with Gasteiger partial charge in [0.25, 0.3) is 0 Å². The van der Waals surface area contributed by atoms with Gasteiger partial charge in [0, 0.05) is 10.9 Å². The molecule has 1 unspecified atom stereocenters. The monoisotopic (exact) mass is 376 g/mol. The van der Waals surface area contributed by atoms with Crippen molar-refractivity contribution in [3.8, 4) is 0 Å². The minimum atomic E-state index is 0.208. The van der Waals surface area contributed by atoms with Gasteiger partial charge in [-0.2, -0.15) is 5.10 Å². The lowest BCUT2D eigenvalue weighted by Gasteiger charge is -2.24. The van der Waals surface area contributed by atoms with Crippen LogP contribution in [0.4, 0.5) is 5.69 Å². The molecule has 0 N–H and O–H groups in total. The number of para-hydroxylation sites is 1. The first kappa shape index (κ1) is 15.2. The Balaban J connectivity index is 1.76. The van der Waals surface area contributed by atoms with Crippen molar-refractivity contribution in [3.63, 3.8) is 0 Å². The summed E-state index contributed by atoms with van der Waals surface area (Å²) >= 11 is 3.59. The van der Waals surface area contributed by atoms with Crippen LogP contribution in [-0.2, 0) is 0 Å². The van der Waals surface area contributed by atoms with Crippen molar-refractivity contribution < 1.29 is 0 Å². The van der Waals surface area contributed by atoms with Crippen molar-refractivity contribution in [1.82, 2.24) is 0 Å². The molecule has 0 aliphatic carbocycles. The van der Waals surface area contributed by atoms with Gasteiger partial charge in [-0.25, -0.2) is 0 Å². The molecular weight excluding hydrogens is 360 g/mol. The first-order valence-corrected chi connectivity index (χ1v) is 8.83. The topological polar surface area (TPSA) is 15.6 Å². The van der Waals surface area contributed by atoms with Gasteiger partial charge in [0.05, 0.1) is 17.4 Å². The Labute approximate surface area is 150 Å². The first-order chi connectivity index (χ1) is 11.8. The van der Waals surface area contributed by atoms with Crippen LogP contribution in [0.3, 0.4) is 0 Å². The van der Waals surface area contributed by atoms with Gasteiger partial charge >= 0.3 is 0 Å². The second-order valence-electron chi connectivity index (χ2n) is 5.87. The van der Waals surface area contributed by atoms with Gasteiger partial charge in [-0.05, 0) is 35.4 Å². The van der Waals surface area contributed by atoms with E-state index in [1.807, 2.05) is 12.1 Å². The van der Waals surface area contributed by atoms with Crippen molar-refractivity contribution >= 4 is 27.3 Å². The van der Waals surface area contributed by atoms with E-state index >= 15 is 0 Å². The highest BCUT2D eigenvalue weighted by molar-refractivity contribution is 9.10. The fourth-order valence-electron chi connectivity index (χ4n) is 3.11. The molecule has 0 amide bonds. The zero-order valence-electron chi connectivity index (χ0n) is 13.1. The van der Waals surface area contributed by atoms with Gasteiger partial charge in [0.2, 0.25) is 0 Å². The third-order valence-corrected chi connectivity index (χ3v) is 4.76. The SMILES string of the molecule is Brc1cccc(C2CC(c3ccccc3)=NN2c2ccccc2)c1. The molecule has 24 heavy (non-hydrogen) atoms. The number of anilines is 1. The van der Waals surface area contributed by atoms with Gasteiger partial charge < -0.3 is 0 Å². The summed E-state index contributed by atoms with van der Waals surface area (Å²) in [5, 5.41) is 7.09. The highest BCUT2D eigenvalue weighted by atomic mass is 79.9. The van der Waals surface area contributed by atoms with Gasteiger partial charge in [-0.15, -0.1) is 0 Å². The smallest absolute Gasteiger partial charge is 0.0832 e. The predicted octanol–water partition coefficient (Wildman–Crippen LogP) is 5.80. The van der Waals surface area contributed by atoms with Crippen molar-refractivity contribution in [2.24, 2.45) is 5.10 Å². The minimum Gasteiger partial charge on any atom is -0.257 e. The number of rotatable bonds is 3. The third-order valence-electron chi connectivity index (χ3n) is 4.27. The van der Waals surface area contributed by atoms with Crippen molar-refractivity contribution in [3.05, 3.63) is 101 Å². The molecule has 0 radical (unpaired) electrons. The molecule has 1 aliphatic heterocycles. The molecule has 0 spiro atoms. The molecular formula is C21H17BrN2. The minimum absolute atomic E-state index is 0.208. The van der Waals surface area contributed by atoms with E-state index in [4.69, 9.17) is 5.10 Å². The van der Waals surface area contributed by atoms with Crippen molar-refractivity contribution in [2.45, 2.75) is 12.5 Å². The van der Waals surface area contributed by atoms with Crippen molar-refractivity contribution in [1.29, 1.82) is 0 Å². The Kier molecular flexibility index (Phi) is 4.18. The van der Waals surface area contributed by atoms with Crippen LogP contribution in [0.25, 0.3) is 0 Å². The van der Waals surface area contributed by atoms with E-state index < -0.39 is 0 Å². The maximum atomic E-state index is 4.95. The maximum absolute atomic E-state index is 4.95. The molecule has 1 heterocycles. The lowest BCUT2D eigenvalue weighted by atomic mass is 9.98. The molecule has 4 rings (SSSR count). The molecule has 118 valence electrons. The summed E-state index contributed by atoms with van der Waals surface area (Å²) in [6.45, 7) is 0. The molecule has 0 saturated heterocycles. The van der Waals surface area contributed by atoms with E-state index in [0.29, 0.717) is 0 Å². The fraction of sp³-hybridized carbons (Fsp3) is 0.0952. The summed E-state index contributed by atoms with van der Waals surface area (Å²) in [7, 11) is 0. The molecule has 0 saturated carbocycles. The van der Waals surface area contributed by atoms with Gasteiger partial charge in [-0.3, -0.25) is 5.01 Å². The summed E-state index contributed by atoms with van der Waals surface area (Å²) in [6.07, 6.45) is 0.898. The Hall–Kier alpha value is -2.39. The van der Waals surface area contributed by atoms with Crippen LogP contribution in [0.1, 0.15) is 23.6 Å². The molecule has 2 nitrogen and oxygen atoms in total. The summed E-state index contributed by atoms with van der Waals surface area (Å²) in [6, 6.07) is 29.5. The highest BCUT2D eigenvalue weighted by Gasteiger charge is 2.29. The van der Waals surface area contributed by atoms with Crippen LogP contribution in [0, 0.1) is 0 Å². The standard InChI is InChI=1S/C21H17BrN2/c22-18-11-7-10-17(14-18)21-15-20(16-8-3-1-4-9-16)23-24(21)19-12-5-2-6-13-19/h1-14,21H,15H2. The zero-order valence-corrected chi connectivity index (χ0v) is 14.7. The summed E-state index contributed by atoms with van der Waals surface area (Å²) in [5.41, 5.74) is 4.71. The van der Waals surface area contributed by atoms with Gasteiger partial charge in [-0.1, -0.05) is 76.6 Å². The molecule has 3 aromatic carbocycles. The molecule has 0 bridgehead atoms. The van der Waals surface area contributed by atoms with E-state index in [9.17, 15) is 0 Å². The highest BCUT2D eigenvalue weighted by Crippen LogP contribution is 2.37. The quantitative estimate of drug-likeness (QED) is 0.563. The average molecular weight is 377 g/mol. The normalized spacial score (nSPS) is 17.0. The Bertz CT molecular complexity index is 859. The molecule has 0 fully saturated rings. The van der Waals surface area contributed by atoms with Gasteiger partial charge in [0.15, 0.2) is 0 Å². The second kappa shape index (κ2) is 6.62. The van der Waals surface area contributed by atoms with E-state index in [1.165, 1.54) is 11.1 Å². The Morgan fingerprint density at radius 2 is 1.54 bits per heavy atom. The Morgan fingerprint density at radius 3 is 2.25 bits per heavy atom. The van der Waals surface area contributed by atoms with E-state index in [1.54, 1.807) is 0 Å². The zero-order chi connectivity index (χ0) is 16.4. The van der Waals surface area contributed by atoms with E-state index in [-0.39, 0.29) is 6.04 Å². The molecule has 3 heteroatoms. The summed E-state index contributed by atoms with van der Waals surface area (Å²) in [5.74, 6) is 0. The second-order valence-corrected chi connectivity index (χ2v) is 6.78.